The van der Waals surface area contributed by atoms with Crippen LogP contribution in [0.25, 0.3) is 0 Å². The normalized spacial score (nSPS) is 17.6. The zero-order valence-electron chi connectivity index (χ0n) is 12.7. The summed E-state index contributed by atoms with van der Waals surface area (Å²) in [6.45, 7) is 0.854. The van der Waals surface area contributed by atoms with Crippen molar-refractivity contribution in [2.45, 2.75) is 31.7 Å². The molecule has 1 aliphatic heterocycles. The average Bonchev–Trinajstić information content (AvgIpc) is 3.01. The summed E-state index contributed by atoms with van der Waals surface area (Å²) in [5.41, 5.74) is 8.48. The van der Waals surface area contributed by atoms with E-state index >= 15 is 0 Å². The molecule has 0 saturated carbocycles. The second kappa shape index (κ2) is 6.65. The van der Waals surface area contributed by atoms with E-state index in [2.05, 4.69) is 24.3 Å². The Labute approximate surface area is 131 Å². The van der Waals surface area contributed by atoms with Gasteiger partial charge in [-0.3, -0.25) is 4.79 Å². The molecule has 0 aromatic heterocycles. The van der Waals surface area contributed by atoms with Crippen molar-refractivity contribution in [1.82, 2.24) is 4.90 Å². The summed E-state index contributed by atoms with van der Waals surface area (Å²) in [7, 11) is 0. The fourth-order valence-corrected chi connectivity index (χ4v) is 3.22. The molecule has 1 saturated heterocycles. The molecule has 114 valence electrons. The van der Waals surface area contributed by atoms with Crippen molar-refractivity contribution in [1.29, 1.82) is 0 Å². The molecule has 2 aromatic carbocycles. The predicted octanol–water partition coefficient (Wildman–Crippen LogP) is 3.51. The Balaban J connectivity index is 1.66. The number of nitrogens with two attached hydrogens (primary N) is 1. The minimum absolute atomic E-state index is 0.114. The number of carbonyl (C=O) groups excluding carboxylic acids is 1. The molecule has 1 heterocycles. The quantitative estimate of drug-likeness (QED) is 0.877. The van der Waals surface area contributed by atoms with Gasteiger partial charge in [0, 0.05) is 23.8 Å². The monoisotopic (exact) mass is 294 g/mol. The van der Waals surface area contributed by atoms with Gasteiger partial charge in [-0.1, -0.05) is 36.4 Å². The van der Waals surface area contributed by atoms with Crippen LogP contribution in [0.3, 0.4) is 0 Å². The Morgan fingerprint density at radius 1 is 1.14 bits per heavy atom. The molecule has 3 rings (SSSR count). The number of anilines is 1. The summed E-state index contributed by atoms with van der Waals surface area (Å²) in [5, 5.41) is 0. The molecule has 22 heavy (non-hydrogen) atoms. The fraction of sp³-hybridized carbons (Fsp3) is 0.316. The number of rotatable bonds is 4. The first-order valence-electron chi connectivity index (χ1n) is 7.94. The Hall–Kier alpha value is -2.29. The lowest BCUT2D eigenvalue weighted by Gasteiger charge is -2.25. The van der Waals surface area contributed by atoms with Crippen LogP contribution in [0.15, 0.2) is 54.6 Å². The molecular formula is C19H22N2O. The SMILES string of the molecule is Nc1cccc(C(=O)N2CCCC2CCc2ccccc2)c1. The third-order valence-corrected chi connectivity index (χ3v) is 4.38. The minimum Gasteiger partial charge on any atom is -0.399 e. The molecule has 3 nitrogen and oxygen atoms in total. The van der Waals surface area contributed by atoms with Crippen LogP contribution >= 0.6 is 0 Å². The van der Waals surface area contributed by atoms with Crippen molar-refractivity contribution in [2.75, 3.05) is 12.3 Å². The van der Waals surface area contributed by atoms with E-state index in [1.807, 2.05) is 29.2 Å². The number of nitrogens with zero attached hydrogens (tertiary/aromatic N) is 1. The van der Waals surface area contributed by atoms with Gasteiger partial charge in [-0.25, -0.2) is 0 Å². The number of aryl methyl sites for hydroxylation is 1. The number of hydrogen-bond donors (Lipinski definition) is 1. The molecule has 1 amide bonds. The maximum atomic E-state index is 12.7. The van der Waals surface area contributed by atoms with Crippen molar-refractivity contribution in [3.05, 3.63) is 65.7 Å². The van der Waals surface area contributed by atoms with Gasteiger partial charge in [-0.05, 0) is 49.4 Å². The fourth-order valence-electron chi connectivity index (χ4n) is 3.22. The highest BCUT2D eigenvalue weighted by Gasteiger charge is 2.29. The van der Waals surface area contributed by atoms with Crippen LogP contribution in [0.5, 0.6) is 0 Å². The first-order valence-corrected chi connectivity index (χ1v) is 7.94. The molecular weight excluding hydrogens is 272 g/mol. The lowest BCUT2D eigenvalue weighted by Crippen LogP contribution is -2.35. The highest BCUT2D eigenvalue weighted by molar-refractivity contribution is 5.95. The van der Waals surface area contributed by atoms with E-state index < -0.39 is 0 Å². The molecule has 1 unspecified atom stereocenters. The number of likely N-dealkylation sites (tertiary alicyclic amines) is 1. The second-order valence-corrected chi connectivity index (χ2v) is 5.94. The van der Waals surface area contributed by atoms with Gasteiger partial charge in [0.15, 0.2) is 0 Å². The van der Waals surface area contributed by atoms with Gasteiger partial charge in [0.05, 0.1) is 0 Å². The standard InChI is InChI=1S/C19H22N2O/c20-17-9-4-8-16(14-17)19(22)21-13-5-10-18(21)12-11-15-6-2-1-3-7-15/h1-4,6-9,14,18H,5,10-13,20H2. The van der Waals surface area contributed by atoms with Gasteiger partial charge < -0.3 is 10.6 Å². The maximum absolute atomic E-state index is 12.7. The molecule has 1 fully saturated rings. The summed E-state index contributed by atoms with van der Waals surface area (Å²) in [6, 6.07) is 18.1. The van der Waals surface area contributed by atoms with Crippen molar-refractivity contribution < 1.29 is 4.79 Å². The first-order chi connectivity index (χ1) is 10.7. The zero-order chi connectivity index (χ0) is 15.4. The van der Waals surface area contributed by atoms with E-state index in [9.17, 15) is 4.79 Å². The third-order valence-electron chi connectivity index (χ3n) is 4.38. The van der Waals surface area contributed by atoms with E-state index in [4.69, 9.17) is 5.73 Å². The Morgan fingerprint density at radius 2 is 1.95 bits per heavy atom. The van der Waals surface area contributed by atoms with Gasteiger partial charge in [0.2, 0.25) is 0 Å². The largest absolute Gasteiger partial charge is 0.399 e. The van der Waals surface area contributed by atoms with E-state index in [-0.39, 0.29) is 5.91 Å². The molecule has 2 N–H and O–H groups in total. The second-order valence-electron chi connectivity index (χ2n) is 5.94. The Kier molecular flexibility index (Phi) is 4.42. The van der Waals surface area contributed by atoms with Crippen LogP contribution in [-0.4, -0.2) is 23.4 Å². The van der Waals surface area contributed by atoms with Crippen molar-refractivity contribution in [2.24, 2.45) is 0 Å². The van der Waals surface area contributed by atoms with Crippen molar-refractivity contribution >= 4 is 11.6 Å². The molecule has 0 aliphatic carbocycles. The van der Waals surface area contributed by atoms with Crippen LogP contribution in [0.2, 0.25) is 0 Å². The van der Waals surface area contributed by atoms with Gasteiger partial charge in [0.1, 0.15) is 0 Å². The van der Waals surface area contributed by atoms with Gasteiger partial charge in [-0.2, -0.15) is 0 Å². The predicted molar refractivity (Wildman–Crippen MR) is 89.7 cm³/mol. The summed E-state index contributed by atoms with van der Waals surface area (Å²) in [4.78, 5) is 14.7. The van der Waals surface area contributed by atoms with Crippen LogP contribution in [0, 0.1) is 0 Å². The smallest absolute Gasteiger partial charge is 0.254 e. The number of nitrogen functional groups attached to an aromatic ring is 1. The molecule has 2 aromatic rings. The summed E-state index contributed by atoms with van der Waals surface area (Å²) in [5.74, 6) is 0.114. The number of hydrogen-bond acceptors (Lipinski definition) is 2. The topological polar surface area (TPSA) is 46.3 Å². The van der Waals surface area contributed by atoms with Crippen LogP contribution < -0.4 is 5.73 Å². The Bertz CT molecular complexity index is 639. The summed E-state index contributed by atoms with van der Waals surface area (Å²) < 4.78 is 0. The van der Waals surface area contributed by atoms with E-state index in [1.54, 1.807) is 6.07 Å². The average molecular weight is 294 g/mol. The van der Waals surface area contributed by atoms with E-state index in [0.717, 1.165) is 32.2 Å². The zero-order valence-corrected chi connectivity index (χ0v) is 12.7. The maximum Gasteiger partial charge on any atom is 0.254 e. The number of amides is 1. The van der Waals surface area contributed by atoms with Crippen molar-refractivity contribution in [3.8, 4) is 0 Å². The van der Waals surface area contributed by atoms with Crippen molar-refractivity contribution in [3.63, 3.8) is 0 Å². The third kappa shape index (κ3) is 3.30. The molecule has 1 atom stereocenters. The van der Waals surface area contributed by atoms with Gasteiger partial charge in [0.25, 0.3) is 5.91 Å². The van der Waals surface area contributed by atoms with E-state index in [0.29, 0.717) is 17.3 Å². The van der Waals surface area contributed by atoms with Crippen LogP contribution in [0.1, 0.15) is 35.2 Å². The summed E-state index contributed by atoms with van der Waals surface area (Å²) in [6.07, 6.45) is 4.23. The lowest BCUT2D eigenvalue weighted by molar-refractivity contribution is 0.0730. The summed E-state index contributed by atoms with van der Waals surface area (Å²) >= 11 is 0. The number of benzene rings is 2. The molecule has 0 spiro atoms. The highest BCUT2D eigenvalue weighted by atomic mass is 16.2. The highest BCUT2D eigenvalue weighted by Crippen LogP contribution is 2.24. The van der Waals surface area contributed by atoms with Gasteiger partial charge >= 0.3 is 0 Å². The Morgan fingerprint density at radius 3 is 2.73 bits per heavy atom. The van der Waals surface area contributed by atoms with Crippen LogP contribution in [0.4, 0.5) is 5.69 Å². The molecule has 0 radical (unpaired) electrons. The van der Waals surface area contributed by atoms with E-state index in [1.165, 1.54) is 5.56 Å². The lowest BCUT2D eigenvalue weighted by atomic mass is 10.0. The molecule has 3 heteroatoms. The molecule has 1 aliphatic rings. The van der Waals surface area contributed by atoms with Crippen LogP contribution in [-0.2, 0) is 6.42 Å². The number of carbonyl (C=O) groups is 1. The molecule has 0 bridgehead atoms. The van der Waals surface area contributed by atoms with Gasteiger partial charge in [-0.15, -0.1) is 0 Å². The minimum atomic E-state index is 0.114. The first kappa shape index (κ1) is 14.6.